The molecule has 3 heteroatoms. The van der Waals surface area contributed by atoms with Gasteiger partial charge in [0.25, 0.3) is 0 Å². The number of hydrogen-bond donors (Lipinski definition) is 0. The van der Waals surface area contributed by atoms with Gasteiger partial charge >= 0.3 is 0 Å². The second kappa shape index (κ2) is 9.67. The molecule has 0 fully saturated rings. The molecule has 0 saturated carbocycles. The number of ether oxygens (including phenoxy) is 1. The Hall–Kier alpha value is -0.560. The molecule has 0 N–H and O–H groups in total. The minimum absolute atomic E-state index is 0.700. The van der Waals surface area contributed by atoms with Gasteiger partial charge in [-0.25, -0.2) is 0 Å². The Morgan fingerprint density at radius 1 is 0.913 bits per heavy atom. The zero-order valence-electron chi connectivity index (χ0n) is 13.6. The van der Waals surface area contributed by atoms with E-state index >= 15 is 0 Å². The van der Waals surface area contributed by atoms with Crippen LogP contribution in [0.15, 0.2) is 36.4 Å². The van der Waals surface area contributed by atoms with E-state index in [2.05, 4.69) is 101 Å². The zero-order chi connectivity index (χ0) is 16.7. The molecule has 0 unspecified atom stereocenters. The third kappa shape index (κ3) is 5.48. The van der Waals surface area contributed by atoms with E-state index < -0.39 is 0 Å². The summed E-state index contributed by atoms with van der Waals surface area (Å²) in [5.74, 6) is 0.968. The summed E-state index contributed by atoms with van der Waals surface area (Å²) in [6.45, 7) is 4.95. The summed E-state index contributed by atoms with van der Waals surface area (Å²) in [6.07, 6.45) is 8.04. The number of halogens is 2. The van der Waals surface area contributed by atoms with Crippen LogP contribution in [0.3, 0.4) is 0 Å². The van der Waals surface area contributed by atoms with Gasteiger partial charge in [-0.1, -0.05) is 55.8 Å². The van der Waals surface area contributed by atoms with Gasteiger partial charge in [-0.3, -0.25) is 0 Å². The van der Waals surface area contributed by atoms with Crippen molar-refractivity contribution in [1.82, 2.24) is 0 Å². The molecule has 0 saturated heterocycles. The molecule has 2 aromatic rings. The molecule has 0 aromatic heterocycles. The average Bonchev–Trinajstić information content (AvgIpc) is 2.57. The standard InChI is InChI=1S/C20H22I2O/c1-3-5-6-15-7-9-16(10-8-15)11-12-17-13-14-18(23-4-2)20(22)19(17)21/h7-14H,3-6H2,1-2H3. The van der Waals surface area contributed by atoms with Crippen molar-refractivity contribution in [1.29, 1.82) is 0 Å². The molecule has 0 aliphatic carbocycles. The largest absolute Gasteiger partial charge is 0.493 e. The fraction of sp³-hybridized carbons (Fsp3) is 0.300. The van der Waals surface area contributed by atoms with E-state index in [1.165, 1.54) is 43.1 Å². The second-order valence-electron chi connectivity index (χ2n) is 5.39. The van der Waals surface area contributed by atoms with Gasteiger partial charge in [-0.05, 0) is 87.7 Å². The van der Waals surface area contributed by atoms with E-state index in [1.807, 2.05) is 6.92 Å². The first-order valence-corrected chi connectivity index (χ1v) is 10.2. The Bertz CT molecular complexity index is 660. The van der Waals surface area contributed by atoms with Crippen LogP contribution in [-0.2, 0) is 6.42 Å². The Balaban J connectivity index is 2.12. The Kier molecular flexibility index (Phi) is 7.89. The molecule has 0 atom stereocenters. The average molecular weight is 532 g/mol. The highest BCUT2D eigenvalue weighted by molar-refractivity contribution is 14.1. The summed E-state index contributed by atoms with van der Waals surface area (Å²) < 4.78 is 8.07. The molecular weight excluding hydrogens is 510 g/mol. The summed E-state index contributed by atoms with van der Waals surface area (Å²) in [5.41, 5.74) is 3.90. The van der Waals surface area contributed by atoms with Gasteiger partial charge in [0, 0.05) is 3.57 Å². The van der Waals surface area contributed by atoms with Gasteiger partial charge in [-0.15, -0.1) is 0 Å². The highest BCUT2D eigenvalue weighted by atomic mass is 127. The van der Waals surface area contributed by atoms with Crippen molar-refractivity contribution in [3.05, 3.63) is 60.2 Å². The summed E-state index contributed by atoms with van der Waals surface area (Å²) in [6, 6.07) is 13.1. The lowest BCUT2D eigenvalue weighted by atomic mass is 10.1. The van der Waals surface area contributed by atoms with Crippen molar-refractivity contribution in [2.45, 2.75) is 33.1 Å². The topological polar surface area (TPSA) is 9.23 Å². The first-order chi connectivity index (χ1) is 11.2. The number of benzene rings is 2. The smallest absolute Gasteiger partial charge is 0.133 e. The molecule has 0 spiro atoms. The SMILES string of the molecule is CCCCc1ccc(C=Cc2ccc(OCC)c(I)c2I)cc1. The van der Waals surface area contributed by atoms with Crippen molar-refractivity contribution < 1.29 is 4.74 Å². The van der Waals surface area contributed by atoms with Crippen LogP contribution in [0.1, 0.15) is 43.4 Å². The van der Waals surface area contributed by atoms with Gasteiger partial charge in [0.15, 0.2) is 0 Å². The van der Waals surface area contributed by atoms with E-state index in [-0.39, 0.29) is 0 Å². The van der Waals surface area contributed by atoms with Crippen LogP contribution in [0.25, 0.3) is 12.2 Å². The molecule has 0 radical (unpaired) electrons. The van der Waals surface area contributed by atoms with Gasteiger partial charge < -0.3 is 4.74 Å². The van der Waals surface area contributed by atoms with E-state index in [9.17, 15) is 0 Å². The fourth-order valence-corrected chi connectivity index (χ4v) is 3.58. The first-order valence-electron chi connectivity index (χ1n) is 8.03. The monoisotopic (exact) mass is 532 g/mol. The Labute approximate surface area is 166 Å². The van der Waals surface area contributed by atoms with Crippen LogP contribution in [0.5, 0.6) is 5.75 Å². The fourth-order valence-electron chi connectivity index (χ4n) is 2.30. The van der Waals surface area contributed by atoms with Gasteiger partial charge in [0.05, 0.1) is 10.2 Å². The maximum Gasteiger partial charge on any atom is 0.133 e. The highest BCUT2D eigenvalue weighted by Gasteiger charge is 2.07. The zero-order valence-corrected chi connectivity index (χ0v) is 17.9. The normalized spacial score (nSPS) is 11.1. The second-order valence-corrected chi connectivity index (χ2v) is 7.55. The lowest BCUT2D eigenvalue weighted by Gasteiger charge is -2.09. The Morgan fingerprint density at radius 2 is 1.65 bits per heavy atom. The summed E-state index contributed by atoms with van der Waals surface area (Å²) in [5, 5.41) is 0. The predicted octanol–water partition coefficient (Wildman–Crippen LogP) is 6.81. The summed E-state index contributed by atoms with van der Waals surface area (Å²) >= 11 is 4.75. The molecule has 2 rings (SSSR count). The quantitative estimate of drug-likeness (QED) is 0.282. The maximum absolute atomic E-state index is 5.64. The van der Waals surface area contributed by atoms with Crippen molar-refractivity contribution >= 4 is 57.3 Å². The molecular formula is C20H22I2O. The van der Waals surface area contributed by atoms with E-state index in [0.717, 1.165) is 5.75 Å². The van der Waals surface area contributed by atoms with Crippen molar-refractivity contribution in [3.63, 3.8) is 0 Å². The van der Waals surface area contributed by atoms with Gasteiger partial charge in [-0.2, -0.15) is 0 Å². The minimum Gasteiger partial charge on any atom is -0.493 e. The molecule has 1 nitrogen and oxygen atoms in total. The number of rotatable bonds is 7. The molecule has 0 amide bonds. The van der Waals surface area contributed by atoms with Crippen LogP contribution in [0, 0.1) is 7.14 Å². The summed E-state index contributed by atoms with van der Waals surface area (Å²) in [4.78, 5) is 0. The van der Waals surface area contributed by atoms with Crippen molar-refractivity contribution in [3.8, 4) is 5.75 Å². The number of hydrogen-bond acceptors (Lipinski definition) is 1. The maximum atomic E-state index is 5.64. The number of aryl methyl sites for hydroxylation is 1. The van der Waals surface area contributed by atoms with Crippen molar-refractivity contribution in [2.24, 2.45) is 0 Å². The molecule has 2 aromatic carbocycles. The van der Waals surface area contributed by atoms with Crippen LogP contribution < -0.4 is 4.74 Å². The molecule has 23 heavy (non-hydrogen) atoms. The highest BCUT2D eigenvalue weighted by Crippen LogP contribution is 2.29. The van der Waals surface area contributed by atoms with E-state index in [1.54, 1.807) is 0 Å². The van der Waals surface area contributed by atoms with Gasteiger partial charge in [0.2, 0.25) is 0 Å². The Morgan fingerprint density at radius 3 is 2.30 bits per heavy atom. The molecule has 122 valence electrons. The van der Waals surface area contributed by atoms with Crippen LogP contribution >= 0.6 is 45.2 Å². The van der Waals surface area contributed by atoms with Crippen LogP contribution in [-0.4, -0.2) is 6.61 Å². The lowest BCUT2D eigenvalue weighted by Crippen LogP contribution is -1.96. The third-order valence-corrected chi connectivity index (χ3v) is 6.90. The third-order valence-electron chi connectivity index (χ3n) is 3.63. The number of unbranched alkanes of at least 4 members (excludes halogenated alkanes) is 1. The lowest BCUT2D eigenvalue weighted by molar-refractivity contribution is 0.337. The molecule has 0 bridgehead atoms. The first kappa shape index (κ1) is 18.8. The van der Waals surface area contributed by atoms with E-state index in [4.69, 9.17) is 4.74 Å². The van der Waals surface area contributed by atoms with E-state index in [0.29, 0.717) is 6.61 Å². The van der Waals surface area contributed by atoms with Crippen molar-refractivity contribution in [2.75, 3.05) is 6.61 Å². The summed E-state index contributed by atoms with van der Waals surface area (Å²) in [7, 11) is 0. The van der Waals surface area contributed by atoms with Crippen LogP contribution in [0.2, 0.25) is 0 Å². The van der Waals surface area contributed by atoms with Gasteiger partial charge in [0.1, 0.15) is 5.75 Å². The minimum atomic E-state index is 0.700. The molecule has 0 aliphatic rings. The molecule has 0 heterocycles. The van der Waals surface area contributed by atoms with Crippen LogP contribution in [0.4, 0.5) is 0 Å². The molecule has 0 aliphatic heterocycles. The predicted molar refractivity (Wildman–Crippen MR) is 117 cm³/mol.